The number of benzene rings is 3. The molecular formula is C28H28N4O5. The number of fused-ring (bicyclic) bond motifs is 4. The van der Waals surface area contributed by atoms with Crippen LogP contribution in [-0.2, 0) is 17.7 Å². The van der Waals surface area contributed by atoms with Crippen LogP contribution in [0.3, 0.4) is 0 Å². The second-order valence-electron chi connectivity index (χ2n) is 9.30. The maximum absolute atomic E-state index is 11.1. The Hall–Kier alpha value is -4.24. The fraction of sp³-hybridized carbons (Fsp3) is 0.286. The fourth-order valence-corrected chi connectivity index (χ4v) is 5.23. The third-order valence-corrected chi connectivity index (χ3v) is 7.17. The standard InChI is InChI=1S/C28H28N4O5/c1-3-30(4-2)21-8-7-19-13-20-6-5-18-14-23(10-11-24(18)28(20)36-27(19)16-21)37-31-17-35-29-25-15-22(32(33)34)9-12-26(25)31/h7-12,14-16,29H,3-6,13,17H2,1-2H3. The van der Waals surface area contributed by atoms with Crippen LogP contribution < -0.4 is 25.0 Å². The molecule has 0 aromatic heterocycles. The molecule has 0 amide bonds. The van der Waals surface area contributed by atoms with Gasteiger partial charge in [-0.15, -0.1) is 0 Å². The Kier molecular flexibility index (Phi) is 5.84. The molecule has 9 heteroatoms. The smallest absolute Gasteiger partial charge is 0.271 e. The molecule has 0 bridgehead atoms. The van der Waals surface area contributed by atoms with E-state index in [1.165, 1.54) is 34.5 Å². The van der Waals surface area contributed by atoms with Gasteiger partial charge in [0.2, 0.25) is 0 Å². The van der Waals surface area contributed by atoms with Crippen molar-refractivity contribution in [3.8, 4) is 11.5 Å². The first-order valence-electron chi connectivity index (χ1n) is 12.6. The van der Waals surface area contributed by atoms with E-state index in [2.05, 4.69) is 48.5 Å². The zero-order chi connectivity index (χ0) is 25.5. The monoisotopic (exact) mass is 500 g/mol. The molecule has 0 saturated carbocycles. The number of hydrogen-bond donors (Lipinski definition) is 1. The average molecular weight is 501 g/mol. The number of ether oxygens (including phenoxy) is 1. The van der Waals surface area contributed by atoms with Crippen LogP contribution in [0, 0.1) is 10.1 Å². The summed E-state index contributed by atoms with van der Waals surface area (Å²) in [7, 11) is 0. The predicted molar refractivity (Wildman–Crippen MR) is 142 cm³/mol. The normalized spacial score (nSPS) is 15.5. The van der Waals surface area contributed by atoms with Gasteiger partial charge in [0.25, 0.3) is 5.69 Å². The number of hydroxylamine groups is 1. The van der Waals surface area contributed by atoms with Gasteiger partial charge in [-0.2, -0.15) is 5.06 Å². The molecule has 0 spiro atoms. The molecule has 9 nitrogen and oxygen atoms in total. The molecule has 1 N–H and O–H groups in total. The highest BCUT2D eigenvalue weighted by Gasteiger charge is 2.28. The zero-order valence-electron chi connectivity index (χ0n) is 20.8. The van der Waals surface area contributed by atoms with Crippen molar-refractivity contribution in [1.29, 1.82) is 0 Å². The van der Waals surface area contributed by atoms with Crippen LogP contribution in [-0.4, -0.2) is 24.7 Å². The van der Waals surface area contributed by atoms with Gasteiger partial charge in [0.1, 0.15) is 17.2 Å². The van der Waals surface area contributed by atoms with Crippen molar-refractivity contribution in [2.75, 3.05) is 35.3 Å². The van der Waals surface area contributed by atoms with Gasteiger partial charge in [-0.1, -0.05) is 6.07 Å². The Morgan fingerprint density at radius 2 is 1.92 bits per heavy atom. The van der Waals surface area contributed by atoms with Crippen molar-refractivity contribution in [3.05, 3.63) is 87.0 Å². The number of allylic oxidation sites excluding steroid dienone is 1. The molecule has 2 aliphatic heterocycles. The third-order valence-electron chi connectivity index (χ3n) is 7.17. The first-order valence-corrected chi connectivity index (χ1v) is 12.6. The molecule has 0 saturated heterocycles. The third kappa shape index (κ3) is 4.21. The summed E-state index contributed by atoms with van der Waals surface area (Å²) in [5, 5.41) is 12.7. The van der Waals surface area contributed by atoms with E-state index >= 15 is 0 Å². The van der Waals surface area contributed by atoms with Crippen LogP contribution in [0.25, 0.3) is 5.76 Å². The highest BCUT2D eigenvalue weighted by molar-refractivity contribution is 5.75. The van der Waals surface area contributed by atoms with E-state index in [9.17, 15) is 10.1 Å². The van der Waals surface area contributed by atoms with E-state index in [1.54, 1.807) is 11.1 Å². The molecule has 0 unspecified atom stereocenters. The quantitative estimate of drug-likeness (QED) is 0.333. The molecule has 0 atom stereocenters. The first kappa shape index (κ1) is 23.2. The number of nitrogens with one attached hydrogen (secondary N) is 1. The lowest BCUT2D eigenvalue weighted by atomic mass is 9.86. The van der Waals surface area contributed by atoms with Crippen molar-refractivity contribution in [1.82, 2.24) is 0 Å². The number of rotatable bonds is 6. The second-order valence-corrected chi connectivity index (χ2v) is 9.30. The van der Waals surface area contributed by atoms with Gasteiger partial charge in [-0.3, -0.25) is 20.4 Å². The zero-order valence-corrected chi connectivity index (χ0v) is 20.8. The number of nitro groups is 1. The topological polar surface area (TPSA) is 89.3 Å². The number of nitrogens with zero attached hydrogens (tertiary/aromatic N) is 3. The van der Waals surface area contributed by atoms with E-state index in [0.717, 1.165) is 49.4 Å². The van der Waals surface area contributed by atoms with Crippen LogP contribution in [0.1, 0.15) is 37.0 Å². The number of anilines is 3. The number of nitro benzene ring substituents is 1. The minimum atomic E-state index is -0.440. The molecule has 37 heavy (non-hydrogen) atoms. The van der Waals surface area contributed by atoms with E-state index < -0.39 is 4.92 Å². The highest BCUT2D eigenvalue weighted by Crippen LogP contribution is 2.43. The average Bonchev–Trinajstić information content (AvgIpc) is 2.92. The minimum absolute atomic E-state index is 0.0205. The Balaban J connectivity index is 1.25. The lowest BCUT2D eigenvalue weighted by Gasteiger charge is -2.32. The van der Waals surface area contributed by atoms with Crippen LogP contribution in [0.4, 0.5) is 22.7 Å². The first-order chi connectivity index (χ1) is 18.0. The molecule has 190 valence electrons. The second kappa shape index (κ2) is 9.33. The maximum atomic E-state index is 11.1. The van der Waals surface area contributed by atoms with Crippen molar-refractivity contribution in [2.45, 2.75) is 33.1 Å². The summed E-state index contributed by atoms with van der Waals surface area (Å²) in [5.41, 5.74) is 9.85. The molecule has 0 radical (unpaired) electrons. The summed E-state index contributed by atoms with van der Waals surface area (Å²) in [4.78, 5) is 24.5. The molecule has 1 aliphatic carbocycles. The van der Waals surface area contributed by atoms with Gasteiger partial charge in [0.15, 0.2) is 12.5 Å². The van der Waals surface area contributed by atoms with Crippen molar-refractivity contribution in [3.63, 3.8) is 0 Å². The molecule has 3 aromatic rings. The SMILES string of the molecule is CCN(CC)c1ccc2c(c1)OC1=C(CCc3cc(ON4CONc5cc([N+](=O)[O-])ccc54)ccc31)C2. The summed E-state index contributed by atoms with van der Waals surface area (Å²) >= 11 is 0. The van der Waals surface area contributed by atoms with Gasteiger partial charge in [-0.25, -0.2) is 0 Å². The summed E-state index contributed by atoms with van der Waals surface area (Å²) in [6.45, 7) is 6.36. The van der Waals surface area contributed by atoms with Crippen molar-refractivity contribution < 1.29 is 19.3 Å². The maximum Gasteiger partial charge on any atom is 0.271 e. The molecular weight excluding hydrogens is 472 g/mol. The van der Waals surface area contributed by atoms with Crippen LogP contribution in [0.5, 0.6) is 11.5 Å². The Morgan fingerprint density at radius 3 is 2.73 bits per heavy atom. The van der Waals surface area contributed by atoms with Crippen molar-refractivity contribution >= 4 is 28.5 Å². The fourth-order valence-electron chi connectivity index (χ4n) is 5.23. The summed E-state index contributed by atoms with van der Waals surface area (Å²) < 4.78 is 6.53. The lowest BCUT2D eigenvalue weighted by Crippen LogP contribution is -2.35. The van der Waals surface area contributed by atoms with Gasteiger partial charge in [0, 0.05) is 49.0 Å². The van der Waals surface area contributed by atoms with E-state index in [4.69, 9.17) is 14.4 Å². The molecule has 6 rings (SSSR count). The molecule has 3 aromatic carbocycles. The predicted octanol–water partition coefficient (Wildman–Crippen LogP) is 5.85. The van der Waals surface area contributed by atoms with Crippen LogP contribution in [0.2, 0.25) is 0 Å². The van der Waals surface area contributed by atoms with Crippen LogP contribution in [0.15, 0.2) is 60.2 Å². The van der Waals surface area contributed by atoms with E-state index in [0.29, 0.717) is 17.1 Å². The molecule has 0 fully saturated rings. The minimum Gasteiger partial charge on any atom is -0.456 e. The van der Waals surface area contributed by atoms with Crippen molar-refractivity contribution in [2.24, 2.45) is 0 Å². The number of hydrogen-bond acceptors (Lipinski definition) is 8. The largest absolute Gasteiger partial charge is 0.456 e. The van der Waals surface area contributed by atoms with Gasteiger partial charge < -0.3 is 14.5 Å². The van der Waals surface area contributed by atoms with Gasteiger partial charge in [0.05, 0.1) is 10.6 Å². The van der Waals surface area contributed by atoms with Gasteiger partial charge >= 0.3 is 0 Å². The Labute approximate surface area is 214 Å². The Morgan fingerprint density at radius 1 is 1.05 bits per heavy atom. The lowest BCUT2D eigenvalue weighted by molar-refractivity contribution is -0.384. The highest BCUT2D eigenvalue weighted by atomic mass is 16.7. The summed E-state index contributed by atoms with van der Waals surface area (Å²) in [6, 6.07) is 17.1. The summed E-state index contributed by atoms with van der Waals surface area (Å²) in [5.74, 6) is 2.55. The number of non-ortho nitro benzene ring substituents is 1. The number of aryl methyl sites for hydroxylation is 1. The molecule has 2 heterocycles. The van der Waals surface area contributed by atoms with E-state index in [1.807, 2.05) is 12.1 Å². The van der Waals surface area contributed by atoms with Crippen LogP contribution >= 0.6 is 0 Å². The van der Waals surface area contributed by atoms with Gasteiger partial charge in [-0.05, 0) is 73.7 Å². The van der Waals surface area contributed by atoms with E-state index in [-0.39, 0.29) is 12.4 Å². The Bertz CT molecular complexity index is 1420. The molecule has 3 aliphatic rings. The summed E-state index contributed by atoms with van der Waals surface area (Å²) in [6.07, 6.45) is 2.75.